The van der Waals surface area contributed by atoms with Crippen LogP contribution in [0.25, 0.3) is 33.2 Å². The van der Waals surface area contributed by atoms with Gasteiger partial charge in [0, 0.05) is 28.7 Å². The van der Waals surface area contributed by atoms with Gasteiger partial charge in [0.2, 0.25) is 0 Å². The highest BCUT2D eigenvalue weighted by Crippen LogP contribution is 2.30. The fourth-order valence-electron chi connectivity index (χ4n) is 2.74. The third-order valence-corrected chi connectivity index (χ3v) is 3.91. The van der Waals surface area contributed by atoms with Crippen molar-refractivity contribution in [2.24, 2.45) is 0 Å². The zero-order valence-corrected chi connectivity index (χ0v) is 14.2. The zero-order valence-electron chi connectivity index (χ0n) is 14.2. The Labute approximate surface area is 149 Å². The SMILES string of the molecule is CC(C)(O)C#Cc1c(F)cnc2[nH]c3cnc(-c4cccnc4)cc3c12. The quantitative estimate of drug-likeness (QED) is 0.518. The van der Waals surface area contributed by atoms with Crippen LogP contribution >= 0.6 is 0 Å². The van der Waals surface area contributed by atoms with Gasteiger partial charge in [0.15, 0.2) is 5.82 Å². The summed E-state index contributed by atoms with van der Waals surface area (Å²) >= 11 is 0. The van der Waals surface area contributed by atoms with Gasteiger partial charge < -0.3 is 10.1 Å². The molecular weight excluding hydrogens is 331 g/mol. The molecule has 0 aliphatic rings. The maximum atomic E-state index is 14.4. The van der Waals surface area contributed by atoms with Gasteiger partial charge in [0.25, 0.3) is 0 Å². The molecule has 2 N–H and O–H groups in total. The van der Waals surface area contributed by atoms with Gasteiger partial charge in [-0.25, -0.2) is 9.37 Å². The Hall–Kier alpha value is -3.30. The number of H-pyrrole nitrogens is 1. The van der Waals surface area contributed by atoms with E-state index in [9.17, 15) is 9.50 Å². The van der Waals surface area contributed by atoms with Crippen molar-refractivity contribution in [3.8, 4) is 23.1 Å². The molecule has 0 aromatic carbocycles. The second-order valence-electron chi connectivity index (χ2n) is 6.50. The molecule has 0 bridgehead atoms. The van der Waals surface area contributed by atoms with Gasteiger partial charge in [0.05, 0.1) is 29.2 Å². The van der Waals surface area contributed by atoms with Gasteiger partial charge in [-0.3, -0.25) is 9.97 Å². The lowest BCUT2D eigenvalue weighted by atomic mass is 10.1. The lowest BCUT2D eigenvalue weighted by molar-refractivity contribution is 0.143. The summed E-state index contributed by atoms with van der Waals surface area (Å²) in [5.41, 5.74) is 1.81. The molecule has 4 heterocycles. The number of fused-ring (bicyclic) bond motifs is 3. The summed E-state index contributed by atoms with van der Waals surface area (Å²) in [6.07, 6.45) is 6.22. The monoisotopic (exact) mass is 346 g/mol. The Morgan fingerprint density at radius 1 is 1.19 bits per heavy atom. The highest BCUT2D eigenvalue weighted by atomic mass is 19.1. The van der Waals surface area contributed by atoms with E-state index < -0.39 is 11.4 Å². The normalized spacial score (nSPS) is 11.5. The van der Waals surface area contributed by atoms with Crippen LogP contribution in [0, 0.1) is 17.7 Å². The summed E-state index contributed by atoms with van der Waals surface area (Å²) in [7, 11) is 0. The van der Waals surface area contributed by atoms with E-state index in [1.807, 2.05) is 18.2 Å². The van der Waals surface area contributed by atoms with Crippen molar-refractivity contribution in [2.75, 3.05) is 0 Å². The predicted molar refractivity (Wildman–Crippen MR) is 97.8 cm³/mol. The average Bonchev–Trinajstić information content (AvgIpc) is 2.99. The van der Waals surface area contributed by atoms with Crippen molar-refractivity contribution in [3.63, 3.8) is 0 Å². The van der Waals surface area contributed by atoms with Gasteiger partial charge in [-0.15, -0.1) is 0 Å². The highest BCUT2D eigenvalue weighted by Gasteiger charge is 2.15. The minimum Gasteiger partial charge on any atom is -0.378 e. The maximum absolute atomic E-state index is 14.4. The molecule has 0 atom stereocenters. The van der Waals surface area contributed by atoms with Crippen molar-refractivity contribution in [1.82, 2.24) is 19.9 Å². The van der Waals surface area contributed by atoms with Crippen molar-refractivity contribution < 1.29 is 9.50 Å². The van der Waals surface area contributed by atoms with Gasteiger partial charge in [0.1, 0.15) is 11.2 Å². The minimum absolute atomic E-state index is 0.201. The molecule has 5 nitrogen and oxygen atoms in total. The van der Waals surface area contributed by atoms with Crippen LogP contribution in [0.15, 0.2) is 43.0 Å². The lowest BCUT2D eigenvalue weighted by Crippen LogP contribution is -2.14. The first-order valence-electron chi connectivity index (χ1n) is 8.04. The summed E-state index contributed by atoms with van der Waals surface area (Å²) < 4.78 is 14.4. The molecule has 0 radical (unpaired) electrons. The standard InChI is InChI=1S/C20H15FN4O/c1-20(2,26)6-5-13-15(21)10-24-19-18(13)14-8-16(23-11-17(14)25-19)12-4-3-7-22-9-12/h3-4,7-11,26H,1-2H3,(H,24,25). The molecule has 0 aliphatic carbocycles. The van der Waals surface area contributed by atoms with Crippen molar-refractivity contribution in [2.45, 2.75) is 19.4 Å². The van der Waals surface area contributed by atoms with E-state index in [0.717, 1.165) is 28.4 Å². The molecule has 4 aromatic rings. The fraction of sp³-hybridized carbons (Fsp3) is 0.150. The van der Waals surface area contributed by atoms with Crippen LogP contribution in [0.4, 0.5) is 4.39 Å². The molecular formula is C20H15FN4O. The van der Waals surface area contributed by atoms with Crippen LogP contribution < -0.4 is 0 Å². The van der Waals surface area contributed by atoms with Crippen molar-refractivity contribution in [1.29, 1.82) is 0 Å². The van der Waals surface area contributed by atoms with Crippen LogP contribution in [-0.2, 0) is 0 Å². The van der Waals surface area contributed by atoms with Crippen LogP contribution in [0.1, 0.15) is 19.4 Å². The van der Waals surface area contributed by atoms with Crippen molar-refractivity contribution >= 4 is 21.9 Å². The largest absolute Gasteiger partial charge is 0.378 e. The second-order valence-corrected chi connectivity index (χ2v) is 6.50. The molecule has 0 saturated heterocycles. The maximum Gasteiger partial charge on any atom is 0.157 e. The smallest absolute Gasteiger partial charge is 0.157 e. The number of nitrogens with one attached hydrogen (secondary N) is 1. The second kappa shape index (κ2) is 5.90. The van der Waals surface area contributed by atoms with Crippen LogP contribution in [0.5, 0.6) is 0 Å². The van der Waals surface area contributed by atoms with Gasteiger partial charge in [-0.2, -0.15) is 0 Å². The van der Waals surface area contributed by atoms with E-state index in [1.165, 1.54) is 0 Å². The first-order chi connectivity index (χ1) is 12.4. The third-order valence-electron chi connectivity index (χ3n) is 3.91. The molecule has 4 aromatic heterocycles. The number of aromatic amines is 1. The first-order valence-corrected chi connectivity index (χ1v) is 8.04. The summed E-state index contributed by atoms with van der Waals surface area (Å²) in [6, 6.07) is 5.60. The Morgan fingerprint density at radius 2 is 2.04 bits per heavy atom. The molecule has 4 rings (SSSR count). The summed E-state index contributed by atoms with van der Waals surface area (Å²) in [5.74, 6) is 4.90. The minimum atomic E-state index is -1.23. The highest BCUT2D eigenvalue weighted by molar-refractivity contribution is 6.09. The number of halogens is 1. The van der Waals surface area contributed by atoms with Crippen molar-refractivity contribution in [3.05, 3.63) is 54.4 Å². The third kappa shape index (κ3) is 2.89. The number of hydrogen-bond acceptors (Lipinski definition) is 4. The van der Waals surface area contributed by atoms with Crippen LogP contribution in [-0.4, -0.2) is 30.6 Å². The molecule has 0 aliphatic heterocycles. The van der Waals surface area contributed by atoms with Gasteiger partial charge in [-0.05, 0) is 32.0 Å². The van der Waals surface area contributed by atoms with Crippen LogP contribution in [0.3, 0.4) is 0 Å². The summed E-state index contributed by atoms with van der Waals surface area (Å²) in [6.45, 7) is 3.10. The topological polar surface area (TPSA) is 74.7 Å². The number of rotatable bonds is 1. The van der Waals surface area contributed by atoms with E-state index in [-0.39, 0.29) is 5.56 Å². The van der Waals surface area contributed by atoms with Gasteiger partial charge in [-0.1, -0.05) is 11.8 Å². The molecule has 0 unspecified atom stereocenters. The summed E-state index contributed by atoms with van der Waals surface area (Å²) in [4.78, 5) is 15.8. The molecule has 6 heteroatoms. The lowest BCUT2D eigenvalue weighted by Gasteiger charge is -2.06. The van der Waals surface area contributed by atoms with E-state index in [2.05, 4.69) is 31.8 Å². The molecule has 128 valence electrons. The van der Waals surface area contributed by atoms with E-state index in [4.69, 9.17) is 0 Å². The van der Waals surface area contributed by atoms with E-state index in [0.29, 0.717) is 11.0 Å². The first kappa shape index (κ1) is 16.2. The zero-order chi connectivity index (χ0) is 18.3. The van der Waals surface area contributed by atoms with E-state index >= 15 is 0 Å². The number of hydrogen-bond donors (Lipinski definition) is 2. The van der Waals surface area contributed by atoms with Crippen LogP contribution in [0.2, 0.25) is 0 Å². The number of pyridine rings is 3. The number of aromatic nitrogens is 4. The Balaban J connectivity index is 2.02. The number of nitrogens with zero attached hydrogens (tertiary/aromatic N) is 3. The molecule has 0 saturated carbocycles. The summed E-state index contributed by atoms with van der Waals surface area (Å²) in [5, 5.41) is 11.2. The Bertz CT molecular complexity index is 1180. The van der Waals surface area contributed by atoms with E-state index in [1.54, 1.807) is 32.4 Å². The average molecular weight is 346 g/mol. The predicted octanol–water partition coefficient (Wildman–Crippen LogP) is 3.43. The molecule has 0 spiro atoms. The number of aliphatic hydroxyl groups is 1. The van der Waals surface area contributed by atoms with Gasteiger partial charge >= 0.3 is 0 Å². The molecule has 26 heavy (non-hydrogen) atoms. The molecule has 0 fully saturated rings. The Morgan fingerprint density at radius 3 is 2.77 bits per heavy atom. The fourth-order valence-corrected chi connectivity index (χ4v) is 2.74. The Kier molecular flexibility index (Phi) is 3.67. The molecule has 0 amide bonds.